The highest BCUT2D eigenvalue weighted by atomic mass is 35.5. The van der Waals surface area contributed by atoms with Crippen LogP contribution in [0.5, 0.6) is 0 Å². The van der Waals surface area contributed by atoms with Crippen LogP contribution in [-0.4, -0.2) is 30.3 Å². The van der Waals surface area contributed by atoms with Gasteiger partial charge in [-0.3, -0.25) is 18.7 Å². The Kier molecular flexibility index (Phi) is 6.67. The third kappa shape index (κ3) is 4.67. The summed E-state index contributed by atoms with van der Waals surface area (Å²) in [6.07, 6.45) is 0. The number of aryl methyl sites for hydroxylation is 3. The maximum Gasteiger partial charge on any atom is 0.332 e. The van der Waals surface area contributed by atoms with E-state index in [4.69, 9.17) is 11.6 Å². The second-order valence-corrected chi connectivity index (χ2v) is 9.50. The second kappa shape index (κ2) is 9.52. The Hall–Kier alpha value is -3.30. The fraction of sp³-hybridized carbons (Fsp3) is 0.250. The van der Waals surface area contributed by atoms with Gasteiger partial charge in [0.25, 0.3) is 5.56 Å². The summed E-state index contributed by atoms with van der Waals surface area (Å²) < 4.78 is 4.14. The zero-order valence-corrected chi connectivity index (χ0v) is 20.8. The number of anilines is 1. The number of hydrogen-bond acceptors (Lipinski definition) is 5. The molecule has 0 bridgehead atoms. The molecule has 8 nitrogen and oxygen atoms in total. The smallest absolute Gasteiger partial charge is 0.325 e. The van der Waals surface area contributed by atoms with Crippen LogP contribution in [0.3, 0.4) is 0 Å². The van der Waals surface area contributed by atoms with Gasteiger partial charge in [0.1, 0.15) is 0 Å². The molecule has 0 aliphatic heterocycles. The van der Waals surface area contributed by atoms with Gasteiger partial charge in [0.05, 0.1) is 12.3 Å². The van der Waals surface area contributed by atoms with Crippen molar-refractivity contribution < 1.29 is 4.79 Å². The van der Waals surface area contributed by atoms with Crippen molar-refractivity contribution in [3.8, 4) is 0 Å². The highest BCUT2D eigenvalue weighted by Gasteiger charge is 2.20. The van der Waals surface area contributed by atoms with Crippen LogP contribution < -0.4 is 16.6 Å². The van der Waals surface area contributed by atoms with Crippen molar-refractivity contribution in [1.29, 1.82) is 0 Å². The summed E-state index contributed by atoms with van der Waals surface area (Å²) in [5, 5.41) is 3.98. The van der Waals surface area contributed by atoms with E-state index in [2.05, 4.69) is 10.3 Å². The first-order valence-electron chi connectivity index (χ1n) is 10.6. The lowest BCUT2D eigenvalue weighted by Gasteiger charge is -2.10. The molecular formula is C24H24ClN5O3S. The molecule has 176 valence electrons. The van der Waals surface area contributed by atoms with E-state index in [1.807, 2.05) is 44.2 Å². The molecule has 0 saturated carbocycles. The van der Waals surface area contributed by atoms with Gasteiger partial charge in [-0.05, 0) is 54.8 Å². The van der Waals surface area contributed by atoms with Crippen molar-refractivity contribution in [3.63, 3.8) is 0 Å². The van der Waals surface area contributed by atoms with Gasteiger partial charge in [-0.15, -0.1) is 0 Å². The molecule has 34 heavy (non-hydrogen) atoms. The largest absolute Gasteiger partial charge is 0.332 e. The first kappa shape index (κ1) is 23.8. The zero-order valence-electron chi connectivity index (χ0n) is 19.3. The minimum atomic E-state index is -0.460. The van der Waals surface area contributed by atoms with E-state index >= 15 is 0 Å². The standard InChI is InChI=1S/C24H24ClN5O3S/c1-14-5-10-18(11-15(14)2)26-19(31)13-34-23-27-21-20(22(32)29(4)24(33)28(21)3)30(23)12-16-6-8-17(25)9-7-16/h5-11H,12-13H2,1-4H3,(H,26,31). The number of aromatic nitrogens is 4. The summed E-state index contributed by atoms with van der Waals surface area (Å²) in [7, 11) is 3.01. The predicted molar refractivity (Wildman–Crippen MR) is 136 cm³/mol. The van der Waals surface area contributed by atoms with Gasteiger partial charge in [-0.25, -0.2) is 9.78 Å². The minimum absolute atomic E-state index is 0.0884. The molecule has 0 unspecified atom stereocenters. The third-order valence-electron chi connectivity index (χ3n) is 5.69. The van der Waals surface area contributed by atoms with Crippen molar-refractivity contribution in [2.45, 2.75) is 25.5 Å². The van der Waals surface area contributed by atoms with Crippen molar-refractivity contribution in [3.05, 3.63) is 85.0 Å². The SMILES string of the molecule is Cc1ccc(NC(=O)CSc2nc3c(c(=O)n(C)c(=O)n3C)n2Cc2ccc(Cl)cc2)cc1C. The summed E-state index contributed by atoms with van der Waals surface area (Å²) in [5.74, 6) is -0.106. The summed E-state index contributed by atoms with van der Waals surface area (Å²) in [6, 6.07) is 13.0. The first-order valence-corrected chi connectivity index (χ1v) is 11.9. The van der Waals surface area contributed by atoms with Gasteiger partial charge in [-0.2, -0.15) is 0 Å². The molecule has 0 aliphatic rings. The molecule has 10 heteroatoms. The van der Waals surface area contributed by atoms with E-state index in [0.29, 0.717) is 22.2 Å². The van der Waals surface area contributed by atoms with E-state index in [0.717, 1.165) is 26.9 Å². The van der Waals surface area contributed by atoms with Crippen LogP contribution in [0, 0.1) is 13.8 Å². The molecule has 0 spiro atoms. The number of carbonyl (C=O) groups is 1. The number of carbonyl (C=O) groups excluding carboxylic acids is 1. The highest BCUT2D eigenvalue weighted by Crippen LogP contribution is 2.24. The normalized spacial score (nSPS) is 11.2. The number of fused-ring (bicyclic) bond motifs is 1. The fourth-order valence-electron chi connectivity index (χ4n) is 3.60. The Balaban J connectivity index is 1.68. The molecule has 2 aromatic heterocycles. The van der Waals surface area contributed by atoms with Crippen LogP contribution >= 0.6 is 23.4 Å². The number of hydrogen-bond donors (Lipinski definition) is 1. The Morgan fingerprint density at radius 2 is 1.74 bits per heavy atom. The lowest BCUT2D eigenvalue weighted by atomic mass is 10.1. The summed E-state index contributed by atoms with van der Waals surface area (Å²) >= 11 is 7.22. The zero-order chi connectivity index (χ0) is 24.6. The molecule has 4 aromatic rings. The van der Waals surface area contributed by atoms with Gasteiger partial charge >= 0.3 is 5.69 Å². The predicted octanol–water partition coefficient (Wildman–Crippen LogP) is 3.48. The van der Waals surface area contributed by atoms with Gasteiger partial charge < -0.3 is 9.88 Å². The number of halogens is 1. The molecule has 4 rings (SSSR count). The minimum Gasteiger partial charge on any atom is -0.325 e. The average Bonchev–Trinajstić information content (AvgIpc) is 3.17. The second-order valence-electron chi connectivity index (χ2n) is 8.12. The van der Waals surface area contributed by atoms with Crippen molar-refractivity contribution in [2.24, 2.45) is 14.1 Å². The maximum absolute atomic E-state index is 13.0. The van der Waals surface area contributed by atoms with Crippen LogP contribution in [0.15, 0.2) is 57.2 Å². The lowest BCUT2D eigenvalue weighted by molar-refractivity contribution is -0.113. The quantitative estimate of drug-likeness (QED) is 0.412. The first-order chi connectivity index (χ1) is 16.2. The topological polar surface area (TPSA) is 90.9 Å². The molecule has 0 fully saturated rings. The number of thioether (sulfide) groups is 1. The Labute approximate surface area is 205 Å². The van der Waals surface area contributed by atoms with Crippen LogP contribution in [0.1, 0.15) is 16.7 Å². The average molecular weight is 498 g/mol. The Bertz CT molecular complexity index is 1520. The molecule has 0 saturated heterocycles. The van der Waals surface area contributed by atoms with E-state index in [-0.39, 0.29) is 17.3 Å². The van der Waals surface area contributed by atoms with E-state index in [9.17, 15) is 14.4 Å². The van der Waals surface area contributed by atoms with E-state index < -0.39 is 11.2 Å². The van der Waals surface area contributed by atoms with E-state index in [1.165, 1.54) is 23.4 Å². The molecular weight excluding hydrogens is 474 g/mol. The molecule has 0 radical (unpaired) electrons. The summed E-state index contributed by atoms with van der Waals surface area (Å²) in [4.78, 5) is 42.6. The number of benzene rings is 2. The van der Waals surface area contributed by atoms with Gasteiger partial charge in [0.15, 0.2) is 16.3 Å². The van der Waals surface area contributed by atoms with Crippen molar-refractivity contribution in [2.75, 3.05) is 11.1 Å². The molecule has 1 amide bonds. The molecule has 0 atom stereocenters. The van der Waals surface area contributed by atoms with Crippen molar-refractivity contribution in [1.82, 2.24) is 18.7 Å². The molecule has 1 N–H and O–H groups in total. The molecule has 0 aliphatic carbocycles. The van der Waals surface area contributed by atoms with Crippen molar-refractivity contribution >= 4 is 46.1 Å². The van der Waals surface area contributed by atoms with Crippen LogP contribution in [0.25, 0.3) is 11.2 Å². The number of nitrogens with zero attached hydrogens (tertiary/aromatic N) is 4. The number of amides is 1. The van der Waals surface area contributed by atoms with Crippen LogP contribution in [0.2, 0.25) is 5.02 Å². The molecule has 2 heterocycles. The van der Waals surface area contributed by atoms with Gasteiger partial charge in [0.2, 0.25) is 5.91 Å². The Morgan fingerprint density at radius 1 is 1.03 bits per heavy atom. The number of rotatable bonds is 6. The van der Waals surface area contributed by atoms with Crippen LogP contribution in [-0.2, 0) is 25.4 Å². The van der Waals surface area contributed by atoms with E-state index in [1.54, 1.807) is 23.7 Å². The molecule has 2 aromatic carbocycles. The number of nitrogens with one attached hydrogen (secondary N) is 1. The summed E-state index contributed by atoms with van der Waals surface area (Å²) in [6.45, 7) is 4.34. The monoisotopic (exact) mass is 497 g/mol. The third-order valence-corrected chi connectivity index (χ3v) is 6.92. The van der Waals surface area contributed by atoms with Gasteiger partial charge in [-0.1, -0.05) is 41.6 Å². The summed E-state index contributed by atoms with van der Waals surface area (Å²) in [5.41, 5.74) is 3.54. The Morgan fingerprint density at radius 3 is 2.41 bits per heavy atom. The lowest BCUT2D eigenvalue weighted by Crippen LogP contribution is -2.37. The van der Waals surface area contributed by atoms with Gasteiger partial charge in [0, 0.05) is 24.8 Å². The maximum atomic E-state index is 13.0. The fourth-order valence-corrected chi connectivity index (χ4v) is 4.52. The number of imidazole rings is 1. The highest BCUT2D eigenvalue weighted by molar-refractivity contribution is 7.99. The van der Waals surface area contributed by atoms with Crippen LogP contribution in [0.4, 0.5) is 5.69 Å².